The van der Waals surface area contributed by atoms with Crippen molar-refractivity contribution in [3.63, 3.8) is 0 Å². The van der Waals surface area contributed by atoms with E-state index in [0.29, 0.717) is 19.4 Å². The first kappa shape index (κ1) is 13.6. The van der Waals surface area contributed by atoms with E-state index >= 15 is 0 Å². The number of esters is 1. The van der Waals surface area contributed by atoms with Gasteiger partial charge in [-0.25, -0.2) is 0 Å². The number of hydrogen-bond donors (Lipinski definition) is 1. The van der Waals surface area contributed by atoms with E-state index in [1.165, 1.54) is 0 Å². The van der Waals surface area contributed by atoms with Gasteiger partial charge in [-0.05, 0) is 29.5 Å². The molecule has 0 amide bonds. The molecule has 0 saturated heterocycles. The summed E-state index contributed by atoms with van der Waals surface area (Å²) in [6, 6.07) is 6.87. The van der Waals surface area contributed by atoms with Crippen LogP contribution in [0.5, 0.6) is 5.75 Å². The molecule has 94 valence electrons. The van der Waals surface area contributed by atoms with Crippen LogP contribution < -0.4 is 0 Å². The summed E-state index contributed by atoms with van der Waals surface area (Å²) in [6.07, 6.45) is 1.02. The summed E-state index contributed by atoms with van der Waals surface area (Å²) in [5, 5.41) is 9.12. The zero-order valence-corrected chi connectivity index (χ0v) is 10.7. The molecule has 0 heterocycles. The van der Waals surface area contributed by atoms with Crippen LogP contribution in [-0.4, -0.2) is 17.7 Å². The molecule has 0 spiro atoms. The molecular formula is C14H20O3. The summed E-state index contributed by atoms with van der Waals surface area (Å²) in [5.41, 5.74) is 1.03. The van der Waals surface area contributed by atoms with Gasteiger partial charge < -0.3 is 9.84 Å². The minimum absolute atomic E-state index is 0.00813. The minimum atomic E-state index is -0.173. The van der Waals surface area contributed by atoms with Crippen LogP contribution in [0.3, 0.4) is 0 Å². The number of phenols is 1. The average Bonchev–Trinajstić information content (AvgIpc) is 2.25. The molecule has 1 rings (SSSR count). The Morgan fingerprint density at radius 2 is 1.82 bits per heavy atom. The minimum Gasteiger partial charge on any atom is -0.508 e. The summed E-state index contributed by atoms with van der Waals surface area (Å²) in [4.78, 5) is 11.5. The predicted molar refractivity (Wildman–Crippen MR) is 66.8 cm³/mol. The molecule has 1 aromatic rings. The zero-order chi connectivity index (χ0) is 12.9. The van der Waals surface area contributed by atoms with E-state index in [0.717, 1.165) is 5.56 Å². The fourth-order valence-electron chi connectivity index (χ4n) is 1.28. The lowest BCUT2D eigenvalue weighted by atomic mass is 9.99. The van der Waals surface area contributed by atoms with Crippen molar-refractivity contribution >= 4 is 5.97 Å². The highest BCUT2D eigenvalue weighted by atomic mass is 16.5. The monoisotopic (exact) mass is 236 g/mol. The van der Waals surface area contributed by atoms with Gasteiger partial charge in [0, 0.05) is 6.42 Å². The summed E-state index contributed by atoms with van der Waals surface area (Å²) in [5.74, 6) is 0.0667. The number of aromatic hydroxyl groups is 1. The van der Waals surface area contributed by atoms with Gasteiger partial charge in [0.05, 0.1) is 6.61 Å². The van der Waals surface area contributed by atoms with Gasteiger partial charge in [0.1, 0.15) is 5.75 Å². The highest BCUT2D eigenvalue weighted by Gasteiger charge is 2.13. The van der Waals surface area contributed by atoms with Crippen molar-refractivity contribution in [2.45, 2.75) is 33.6 Å². The Balaban J connectivity index is 2.31. The topological polar surface area (TPSA) is 46.5 Å². The third kappa shape index (κ3) is 5.95. The first-order chi connectivity index (χ1) is 7.87. The van der Waals surface area contributed by atoms with Crippen LogP contribution in [0.4, 0.5) is 0 Å². The van der Waals surface area contributed by atoms with Gasteiger partial charge in [-0.2, -0.15) is 0 Å². The van der Waals surface area contributed by atoms with Crippen molar-refractivity contribution < 1.29 is 14.6 Å². The molecule has 3 nitrogen and oxygen atoms in total. The second-order valence-corrected chi connectivity index (χ2v) is 5.39. The van der Waals surface area contributed by atoms with Gasteiger partial charge in [0.15, 0.2) is 0 Å². The Morgan fingerprint density at radius 3 is 2.35 bits per heavy atom. The van der Waals surface area contributed by atoms with Gasteiger partial charge in [0.2, 0.25) is 0 Å². The Bertz CT molecular complexity index is 360. The summed E-state index contributed by atoms with van der Waals surface area (Å²) < 4.78 is 5.16. The Hall–Kier alpha value is -1.51. The molecule has 3 heteroatoms. The Labute approximate surface area is 102 Å². The number of carbonyl (C=O) groups excluding carboxylic acids is 1. The SMILES string of the molecule is CC(C)(C)COC(=O)CCc1ccc(O)cc1. The van der Waals surface area contributed by atoms with Crippen molar-refractivity contribution in [1.82, 2.24) is 0 Å². The smallest absolute Gasteiger partial charge is 0.306 e. The third-order valence-corrected chi connectivity index (χ3v) is 2.22. The van der Waals surface area contributed by atoms with E-state index in [1.807, 2.05) is 32.9 Å². The van der Waals surface area contributed by atoms with E-state index in [9.17, 15) is 4.79 Å². The summed E-state index contributed by atoms with van der Waals surface area (Å²) >= 11 is 0. The number of hydrogen-bond acceptors (Lipinski definition) is 3. The predicted octanol–water partition coefficient (Wildman–Crippen LogP) is 2.91. The van der Waals surface area contributed by atoms with Gasteiger partial charge in [0.25, 0.3) is 0 Å². The van der Waals surface area contributed by atoms with Crippen molar-refractivity contribution in [2.24, 2.45) is 5.41 Å². The molecule has 0 atom stereocenters. The Morgan fingerprint density at radius 1 is 1.24 bits per heavy atom. The molecule has 0 aliphatic heterocycles. The molecule has 0 aromatic heterocycles. The highest BCUT2D eigenvalue weighted by Crippen LogP contribution is 2.14. The van der Waals surface area contributed by atoms with E-state index in [2.05, 4.69) is 0 Å². The molecule has 0 aliphatic carbocycles. The van der Waals surface area contributed by atoms with Gasteiger partial charge in [-0.15, -0.1) is 0 Å². The largest absolute Gasteiger partial charge is 0.508 e. The molecular weight excluding hydrogens is 216 g/mol. The van der Waals surface area contributed by atoms with Gasteiger partial charge >= 0.3 is 5.97 Å². The van der Waals surface area contributed by atoms with Crippen LogP contribution in [0.2, 0.25) is 0 Å². The summed E-state index contributed by atoms with van der Waals surface area (Å²) in [7, 11) is 0. The molecule has 0 fully saturated rings. The molecule has 1 N–H and O–H groups in total. The molecule has 0 saturated carbocycles. The van der Waals surface area contributed by atoms with Crippen LogP contribution in [0.1, 0.15) is 32.8 Å². The molecule has 0 radical (unpaired) electrons. The van der Waals surface area contributed by atoms with Crippen molar-refractivity contribution in [3.8, 4) is 5.75 Å². The lowest BCUT2D eigenvalue weighted by Gasteiger charge is -2.17. The van der Waals surface area contributed by atoms with E-state index in [4.69, 9.17) is 9.84 Å². The average molecular weight is 236 g/mol. The maximum absolute atomic E-state index is 11.5. The quantitative estimate of drug-likeness (QED) is 0.818. The number of benzene rings is 1. The molecule has 0 aliphatic rings. The Kier molecular flexibility index (Phi) is 4.55. The molecule has 17 heavy (non-hydrogen) atoms. The lowest BCUT2D eigenvalue weighted by Crippen LogP contribution is -2.18. The van der Waals surface area contributed by atoms with E-state index < -0.39 is 0 Å². The van der Waals surface area contributed by atoms with E-state index in [-0.39, 0.29) is 17.1 Å². The number of rotatable bonds is 4. The van der Waals surface area contributed by atoms with Gasteiger partial charge in [-0.1, -0.05) is 32.9 Å². The van der Waals surface area contributed by atoms with Crippen molar-refractivity contribution in [2.75, 3.05) is 6.61 Å². The maximum atomic E-state index is 11.5. The van der Waals surface area contributed by atoms with Gasteiger partial charge in [-0.3, -0.25) is 4.79 Å². The number of phenolic OH excluding ortho intramolecular Hbond substituents is 1. The van der Waals surface area contributed by atoms with Crippen molar-refractivity contribution in [1.29, 1.82) is 0 Å². The van der Waals surface area contributed by atoms with Crippen LogP contribution in [0.15, 0.2) is 24.3 Å². The third-order valence-electron chi connectivity index (χ3n) is 2.22. The normalized spacial score (nSPS) is 11.2. The van der Waals surface area contributed by atoms with Crippen molar-refractivity contribution in [3.05, 3.63) is 29.8 Å². The molecule has 0 bridgehead atoms. The van der Waals surface area contributed by atoms with Crippen LogP contribution in [0.25, 0.3) is 0 Å². The second-order valence-electron chi connectivity index (χ2n) is 5.39. The second kappa shape index (κ2) is 5.71. The van der Waals surface area contributed by atoms with Crippen LogP contribution in [-0.2, 0) is 16.0 Å². The fourth-order valence-corrected chi connectivity index (χ4v) is 1.28. The molecule has 0 unspecified atom stereocenters. The standard InChI is InChI=1S/C14H20O3/c1-14(2,3)10-17-13(16)9-6-11-4-7-12(15)8-5-11/h4-5,7-8,15H,6,9-10H2,1-3H3. The van der Waals surface area contributed by atoms with E-state index in [1.54, 1.807) is 12.1 Å². The zero-order valence-electron chi connectivity index (χ0n) is 10.7. The lowest BCUT2D eigenvalue weighted by molar-refractivity contribution is -0.146. The first-order valence-corrected chi connectivity index (χ1v) is 5.80. The number of aryl methyl sites for hydroxylation is 1. The first-order valence-electron chi connectivity index (χ1n) is 5.80. The molecule has 1 aromatic carbocycles. The highest BCUT2D eigenvalue weighted by molar-refractivity contribution is 5.69. The van der Waals surface area contributed by atoms with Crippen LogP contribution in [0, 0.1) is 5.41 Å². The fraction of sp³-hybridized carbons (Fsp3) is 0.500. The number of carbonyl (C=O) groups is 1. The number of ether oxygens (including phenoxy) is 1. The van der Waals surface area contributed by atoms with Crippen LogP contribution >= 0.6 is 0 Å². The summed E-state index contributed by atoms with van der Waals surface area (Å²) in [6.45, 7) is 6.53. The maximum Gasteiger partial charge on any atom is 0.306 e.